The first-order chi connectivity index (χ1) is 10.4. The fourth-order valence-corrected chi connectivity index (χ4v) is 4.04. The maximum absolute atomic E-state index is 12.1. The molecule has 0 aromatic carbocycles. The first-order valence-electron chi connectivity index (χ1n) is 7.41. The van der Waals surface area contributed by atoms with Crippen LogP contribution >= 0.6 is 0 Å². The van der Waals surface area contributed by atoms with Crippen LogP contribution in [0.1, 0.15) is 31.1 Å². The van der Waals surface area contributed by atoms with Gasteiger partial charge in [0.2, 0.25) is 0 Å². The molecule has 4 rings (SSSR count). The molecule has 2 aliphatic heterocycles. The Kier molecular flexibility index (Phi) is 2.75. The van der Waals surface area contributed by atoms with Gasteiger partial charge in [-0.3, -0.25) is 14.3 Å². The highest BCUT2D eigenvalue weighted by molar-refractivity contribution is 5.22. The van der Waals surface area contributed by atoms with Crippen LogP contribution < -0.4 is 11.2 Å². The second kappa shape index (κ2) is 4.29. The van der Waals surface area contributed by atoms with Crippen LogP contribution in [0.5, 0.6) is 0 Å². The molecule has 3 N–H and O–H groups in total. The number of nitrogens with zero attached hydrogens (tertiary/aromatic N) is 1. The molecule has 5 atom stereocenters. The molecule has 3 fully saturated rings. The highest BCUT2D eigenvalue weighted by Gasteiger charge is 2.74. The second-order valence-electron chi connectivity index (χ2n) is 6.44. The highest BCUT2D eigenvalue weighted by Crippen LogP contribution is 2.57. The van der Waals surface area contributed by atoms with Crippen molar-refractivity contribution < 1.29 is 19.7 Å². The third kappa shape index (κ3) is 1.50. The Balaban J connectivity index is 1.83. The molecule has 8 heteroatoms. The summed E-state index contributed by atoms with van der Waals surface area (Å²) in [5.41, 5.74) is -3.25. The fourth-order valence-electron chi connectivity index (χ4n) is 4.04. The summed E-state index contributed by atoms with van der Waals surface area (Å²) in [6.07, 6.45) is 0.566. The van der Waals surface area contributed by atoms with E-state index in [0.29, 0.717) is 24.8 Å². The van der Waals surface area contributed by atoms with Gasteiger partial charge >= 0.3 is 5.69 Å². The molecule has 2 bridgehead atoms. The number of H-pyrrole nitrogens is 1. The second-order valence-corrected chi connectivity index (χ2v) is 6.44. The van der Waals surface area contributed by atoms with E-state index in [0.717, 1.165) is 0 Å². The molecule has 3 aliphatic rings. The molecule has 1 aliphatic carbocycles. The Morgan fingerprint density at radius 1 is 1.45 bits per heavy atom. The van der Waals surface area contributed by atoms with Gasteiger partial charge in [0.1, 0.15) is 11.7 Å². The van der Waals surface area contributed by atoms with Crippen molar-refractivity contribution in [2.75, 3.05) is 6.61 Å². The highest BCUT2D eigenvalue weighted by atomic mass is 16.7. The fraction of sp³-hybridized carbons (Fsp3) is 0.714. The molecule has 0 radical (unpaired) electrons. The molecule has 1 aromatic heterocycles. The zero-order chi connectivity index (χ0) is 15.7. The number of ether oxygens (including phenoxy) is 2. The lowest BCUT2D eigenvalue weighted by molar-refractivity contribution is -0.227. The minimum atomic E-state index is -1.32. The minimum absolute atomic E-state index is 0.100. The van der Waals surface area contributed by atoms with E-state index in [1.54, 1.807) is 6.92 Å². The van der Waals surface area contributed by atoms with E-state index >= 15 is 0 Å². The van der Waals surface area contributed by atoms with Crippen LogP contribution in [0.4, 0.5) is 0 Å². The van der Waals surface area contributed by atoms with E-state index in [1.807, 2.05) is 0 Å². The summed E-state index contributed by atoms with van der Waals surface area (Å²) >= 11 is 0. The lowest BCUT2D eigenvalue weighted by Gasteiger charge is -2.43. The van der Waals surface area contributed by atoms with Crippen LogP contribution in [0.2, 0.25) is 0 Å². The maximum Gasteiger partial charge on any atom is 0.330 e. The Hall–Kier alpha value is -1.48. The molecular weight excluding hydrogens is 292 g/mol. The van der Waals surface area contributed by atoms with Crippen molar-refractivity contribution in [1.29, 1.82) is 0 Å². The number of rotatable bonds is 1. The smallest absolute Gasteiger partial charge is 0.330 e. The Labute approximate surface area is 125 Å². The van der Waals surface area contributed by atoms with E-state index in [-0.39, 0.29) is 6.61 Å². The van der Waals surface area contributed by atoms with Crippen LogP contribution in [-0.2, 0) is 9.47 Å². The number of aromatic amines is 1. The van der Waals surface area contributed by atoms with Gasteiger partial charge in [-0.05, 0) is 26.2 Å². The standard InChI is InChI=1S/C14H18N2O6/c1-7-5-16(12(19)15-10(7)18)11-9-13(20)4-2-3-8(17)14(13,22-11)6-21-9/h5,8-9,11,17,20H,2-4,6H2,1H3,(H,15,18,19)/t8?,9?,11?,13-,14?/m1/s1. The quantitative estimate of drug-likeness (QED) is 0.599. The molecule has 4 unspecified atom stereocenters. The van der Waals surface area contributed by atoms with E-state index in [1.165, 1.54) is 10.8 Å². The third-order valence-electron chi connectivity index (χ3n) is 5.26. The van der Waals surface area contributed by atoms with Crippen LogP contribution in [0.15, 0.2) is 15.8 Å². The Morgan fingerprint density at radius 3 is 2.95 bits per heavy atom. The predicted octanol–water partition coefficient (Wildman–Crippen LogP) is -1.21. The van der Waals surface area contributed by atoms with Gasteiger partial charge in [-0.15, -0.1) is 0 Å². The maximum atomic E-state index is 12.1. The SMILES string of the molecule is Cc1cn(C2OC34COC2[C@]3(O)CCCC4O)c(=O)[nH]c1=O. The van der Waals surface area contributed by atoms with E-state index in [9.17, 15) is 19.8 Å². The molecule has 120 valence electrons. The molecule has 1 saturated carbocycles. The zero-order valence-corrected chi connectivity index (χ0v) is 12.1. The van der Waals surface area contributed by atoms with Gasteiger partial charge in [0.15, 0.2) is 11.8 Å². The number of aromatic nitrogens is 2. The zero-order valence-electron chi connectivity index (χ0n) is 12.1. The number of aliphatic hydroxyl groups is 2. The van der Waals surface area contributed by atoms with Gasteiger partial charge in [0.25, 0.3) is 5.56 Å². The van der Waals surface area contributed by atoms with Gasteiger partial charge in [-0.25, -0.2) is 4.79 Å². The van der Waals surface area contributed by atoms with Crippen molar-refractivity contribution in [2.45, 2.75) is 55.8 Å². The number of nitrogens with one attached hydrogen (secondary N) is 1. The number of hydrogen-bond donors (Lipinski definition) is 3. The number of aryl methyl sites for hydroxylation is 1. The monoisotopic (exact) mass is 310 g/mol. The van der Waals surface area contributed by atoms with Crippen LogP contribution in [0.25, 0.3) is 0 Å². The summed E-state index contributed by atoms with van der Waals surface area (Å²) in [5, 5.41) is 21.4. The number of aliphatic hydroxyl groups excluding tert-OH is 1. The van der Waals surface area contributed by atoms with Gasteiger partial charge < -0.3 is 19.7 Å². The van der Waals surface area contributed by atoms with E-state index in [4.69, 9.17) is 9.47 Å². The van der Waals surface area contributed by atoms with Gasteiger partial charge in [-0.1, -0.05) is 0 Å². The molecule has 22 heavy (non-hydrogen) atoms. The van der Waals surface area contributed by atoms with Crippen molar-refractivity contribution in [3.63, 3.8) is 0 Å². The third-order valence-corrected chi connectivity index (χ3v) is 5.26. The molecule has 0 amide bonds. The normalized spacial score (nSPS) is 43.3. The van der Waals surface area contributed by atoms with Gasteiger partial charge in [0, 0.05) is 11.8 Å². The molecule has 2 saturated heterocycles. The van der Waals surface area contributed by atoms with Crippen molar-refractivity contribution in [1.82, 2.24) is 9.55 Å². The summed E-state index contributed by atoms with van der Waals surface area (Å²) in [6.45, 7) is 1.68. The topological polar surface area (TPSA) is 114 Å². The lowest BCUT2D eigenvalue weighted by atomic mass is 9.71. The summed E-state index contributed by atoms with van der Waals surface area (Å²) in [7, 11) is 0. The number of hydrogen-bond acceptors (Lipinski definition) is 6. The largest absolute Gasteiger partial charge is 0.390 e. The summed E-state index contributed by atoms with van der Waals surface area (Å²) < 4.78 is 12.8. The first-order valence-corrected chi connectivity index (χ1v) is 7.41. The van der Waals surface area contributed by atoms with Crippen LogP contribution in [-0.4, -0.2) is 49.8 Å². The summed E-state index contributed by atoms with van der Waals surface area (Å²) in [5.74, 6) is 0. The van der Waals surface area contributed by atoms with E-state index in [2.05, 4.69) is 4.98 Å². The molecule has 1 aromatic rings. The predicted molar refractivity (Wildman–Crippen MR) is 73.5 cm³/mol. The van der Waals surface area contributed by atoms with Crippen LogP contribution in [0.3, 0.4) is 0 Å². The minimum Gasteiger partial charge on any atom is -0.390 e. The van der Waals surface area contributed by atoms with Crippen molar-refractivity contribution in [3.05, 3.63) is 32.6 Å². The van der Waals surface area contributed by atoms with Crippen molar-refractivity contribution in [3.8, 4) is 0 Å². The lowest BCUT2D eigenvalue weighted by Crippen LogP contribution is -2.61. The van der Waals surface area contributed by atoms with E-state index < -0.39 is 40.9 Å². The van der Waals surface area contributed by atoms with Gasteiger partial charge in [-0.2, -0.15) is 0 Å². The average molecular weight is 310 g/mol. The average Bonchev–Trinajstić information content (AvgIpc) is 2.91. The van der Waals surface area contributed by atoms with Crippen molar-refractivity contribution >= 4 is 0 Å². The summed E-state index contributed by atoms with van der Waals surface area (Å²) in [6, 6.07) is 0. The summed E-state index contributed by atoms with van der Waals surface area (Å²) in [4.78, 5) is 25.8. The molecule has 3 heterocycles. The first kappa shape index (κ1) is 14.1. The molecular formula is C14H18N2O6. The van der Waals surface area contributed by atoms with Crippen molar-refractivity contribution in [2.24, 2.45) is 0 Å². The van der Waals surface area contributed by atoms with Crippen LogP contribution in [0, 0.1) is 6.92 Å². The molecule has 0 spiro atoms. The molecule has 8 nitrogen and oxygen atoms in total. The van der Waals surface area contributed by atoms with Gasteiger partial charge in [0.05, 0.1) is 12.7 Å². The Bertz CT molecular complexity index is 742. The Morgan fingerprint density at radius 2 is 2.23 bits per heavy atom.